The molecule has 0 saturated carbocycles. The standard InChI is InChI=1S/C16H20N2O3S/c1-11-9-15(12(2)13(3)16(11)21-4)22(19,20)18-10-14-5-7-17-8-6-14/h5-9,18H,10H2,1-4H3. The second-order valence-electron chi connectivity index (χ2n) is 5.15. The molecule has 118 valence electrons. The highest BCUT2D eigenvalue weighted by Gasteiger charge is 2.21. The Morgan fingerprint density at radius 1 is 1.14 bits per heavy atom. The molecule has 0 fully saturated rings. The third kappa shape index (κ3) is 3.28. The summed E-state index contributed by atoms with van der Waals surface area (Å²) in [4.78, 5) is 4.20. The summed E-state index contributed by atoms with van der Waals surface area (Å²) in [5, 5.41) is 0. The molecule has 0 radical (unpaired) electrons. The Labute approximate surface area is 131 Å². The number of ether oxygens (including phenoxy) is 1. The van der Waals surface area contributed by atoms with Crippen LogP contribution in [0, 0.1) is 20.8 Å². The van der Waals surface area contributed by atoms with E-state index in [1.807, 2.05) is 13.8 Å². The lowest BCUT2D eigenvalue weighted by Crippen LogP contribution is -2.24. The number of hydrogen-bond donors (Lipinski definition) is 1. The van der Waals surface area contributed by atoms with Crippen LogP contribution in [-0.2, 0) is 16.6 Å². The molecule has 0 unspecified atom stereocenters. The van der Waals surface area contributed by atoms with Crippen LogP contribution >= 0.6 is 0 Å². The Kier molecular flexibility index (Phi) is 4.83. The number of rotatable bonds is 5. The van der Waals surface area contributed by atoms with Gasteiger partial charge in [-0.05, 0) is 61.2 Å². The summed E-state index contributed by atoms with van der Waals surface area (Å²) in [5.41, 5.74) is 3.20. The predicted molar refractivity (Wildman–Crippen MR) is 85.5 cm³/mol. The molecule has 0 aliphatic rings. The highest BCUT2D eigenvalue weighted by molar-refractivity contribution is 7.89. The van der Waals surface area contributed by atoms with Gasteiger partial charge in [0.25, 0.3) is 0 Å². The van der Waals surface area contributed by atoms with Crippen molar-refractivity contribution in [3.8, 4) is 5.75 Å². The number of nitrogens with zero attached hydrogens (tertiary/aromatic N) is 1. The summed E-state index contributed by atoms with van der Waals surface area (Å²) in [5.74, 6) is 0.727. The van der Waals surface area contributed by atoms with Crippen LogP contribution in [0.25, 0.3) is 0 Å². The number of benzene rings is 1. The zero-order chi connectivity index (χ0) is 16.3. The molecule has 5 nitrogen and oxygen atoms in total. The number of hydrogen-bond acceptors (Lipinski definition) is 4. The summed E-state index contributed by atoms with van der Waals surface area (Å²) in [6, 6.07) is 5.20. The number of aryl methyl sites for hydroxylation is 1. The molecular formula is C16H20N2O3S. The van der Waals surface area contributed by atoms with Crippen LogP contribution in [0.2, 0.25) is 0 Å². The molecule has 1 aromatic heterocycles. The second-order valence-corrected chi connectivity index (χ2v) is 6.89. The summed E-state index contributed by atoms with van der Waals surface area (Å²) in [6.07, 6.45) is 3.27. The van der Waals surface area contributed by atoms with Crippen molar-refractivity contribution in [2.24, 2.45) is 0 Å². The van der Waals surface area contributed by atoms with Gasteiger partial charge in [-0.1, -0.05) is 0 Å². The lowest BCUT2D eigenvalue weighted by molar-refractivity contribution is 0.407. The SMILES string of the molecule is COc1c(C)cc(S(=O)(=O)NCc2ccncc2)c(C)c1C. The summed E-state index contributed by atoms with van der Waals surface area (Å²) < 4.78 is 33.1. The monoisotopic (exact) mass is 320 g/mol. The van der Waals surface area contributed by atoms with E-state index < -0.39 is 10.0 Å². The Bertz CT molecular complexity index is 772. The molecule has 1 N–H and O–H groups in total. The van der Waals surface area contributed by atoms with E-state index in [9.17, 15) is 8.42 Å². The van der Waals surface area contributed by atoms with Crippen molar-refractivity contribution < 1.29 is 13.2 Å². The highest BCUT2D eigenvalue weighted by atomic mass is 32.2. The van der Waals surface area contributed by atoms with Crippen molar-refractivity contribution in [3.63, 3.8) is 0 Å². The number of nitrogens with one attached hydrogen (secondary N) is 1. The topological polar surface area (TPSA) is 68.3 Å². The molecule has 2 rings (SSSR count). The normalized spacial score (nSPS) is 11.5. The molecule has 22 heavy (non-hydrogen) atoms. The first-order valence-electron chi connectivity index (χ1n) is 6.90. The van der Waals surface area contributed by atoms with E-state index in [2.05, 4.69) is 9.71 Å². The van der Waals surface area contributed by atoms with Crippen molar-refractivity contribution in [2.45, 2.75) is 32.2 Å². The van der Waals surface area contributed by atoms with Crippen LogP contribution in [0.4, 0.5) is 0 Å². The Morgan fingerprint density at radius 3 is 2.36 bits per heavy atom. The third-order valence-electron chi connectivity index (χ3n) is 3.69. The molecule has 0 aliphatic carbocycles. The molecular weight excluding hydrogens is 300 g/mol. The van der Waals surface area contributed by atoms with Gasteiger partial charge in [0.1, 0.15) is 5.75 Å². The van der Waals surface area contributed by atoms with Crippen LogP contribution in [0.15, 0.2) is 35.5 Å². The van der Waals surface area contributed by atoms with Crippen LogP contribution in [-0.4, -0.2) is 20.5 Å². The van der Waals surface area contributed by atoms with E-state index in [-0.39, 0.29) is 11.4 Å². The zero-order valence-corrected chi connectivity index (χ0v) is 14.0. The second kappa shape index (κ2) is 6.46. The lowest BCUT2D eigenvalue weighted by Gasteiger charge is -2.16. The van der Waals surface area contributed by atoms with Gasteiger partial charge in [0, 0.05) is 18.9 Å². The number of pyridine rings is 1. The van der Waals surface area contributed by atoms with Gasteiger partial charge in [-0.15, -0.1) is 0 Å². The van der Waals surface area contributed by atoms with Gasteiger partial charge in [-0.2, -0.15) is 0 Å². The molecule has 0 spiro atoms. The van der Waals surface area contributed by atoms with Gasteiger partial charge in [0.15, 0.2) is 0 Å². The molecule has 2 aromatic rings. The average molecular weight is 320 g/mol. The predicted octanol–water partition coefficient (Wildman–Crippen LogP) is 2.49. The highest BCUT2D eigenvalue weighted by Crippen LogP contribution is 2.30. The Balaban J connectivity index is 2.34. The van der Waals surface area contributed by atoms with Gasteiger partial charge in [0.05, 0.1) is 12.0 Å². The Morgan fingerprint density at radius 2 is 1.77 bits per heavy atom. The summed E-state index contributed by atoms with van der Waals surface area (Å²) in [6.45, 7) is 5.73. The molecule has 1 aromatic carbocycles. The van der Waals surface area contributed by atoms with Gasteiger partial charge >= 0.3 is 0 Å². The van der Waals surface area contributed by atoms with Gasteiger partial charge < -0.3 is 4.74 Å². The zero-order valence-electron chi connectivity index (χ0n) is 13.2. The van der Waals surface area contributed by atoms with Crippen LogP contribution in [0.1, 0.15) is 22.3 Å². The van der Waals surface area contributed by atoms with Gasteiger partial charge in [-0.25, -0.2) is 13.1 Å². The van der Waals surface area contributed by atoms with Crippen molar-refractivity contribution in [1.82, 2.24) is 9.71 Å². The smallest absolute Gasteiger partial charge is 0.241 e. The van der Waals surface area contributed by atoms with Crippen molar-refractivity contribution >= 4 is 10.0 Å². The minimum absolute atomic E-state index is 0.231. The van der Waals surface area contributed by atoms with Gasteiger partial charge in [-0.3, -0.25) is 4.98 Å². The molecule has 1 heterocycles. The number of sulfonamides is 1. The fraction of sp³-hybridized carbons (Fsp3) is 0.312. The van der Waals surface area contributed by atoms with Crippen molar-refractivity contribution in [2.75, 3.05) is 7.11 Å². The fourth-order valence-corrected chi connectivity index (χ4v) is 3.77. The first-order chi connectivity index (χ1) is 10.4. The fourth-order valence-electron chi connectivity index (χ4n) is 2.37. The maximum atomic E-state index is 12.6. The number of aromatic nitrogens is 1. The van der Waals surface area contributed by atoms with Crippen molar-refractivity contribution in [3.05, 3.63) is 52.8 Å². The molecule has 0 atom stereocenters. The third-order valence-corrected chi connectivity index (χ3v) is 5.22. The van der Waals surface area contributed by atoms with E-state index in [4.69, 9.17) is 4.74 Å². The number of methoxy groups -OCH3 is 1. The maximum Gasteiger partial charge on any atom is 0.241 e. The molecule has 0 bridgehead atoms. The van der Waals surface area contributed by atoms with Crippen LogP contribution < -0.4 is 9.46 Å². The maximum absolute atomic E-state index is 12.6. The average Bonchev–Trinajstić information content (AvgIpc) is 2.50. The molecule has 0 saturated heterocycles. The lowest BCUT2D eigenvalue weighted by atomic mass is 10.1. The van der Waals surface area contributed by atoms with Gasteiger partial charge in [0.2, 0.25) is 10.0 Å². The minimum atomic E-state index is -3.59. The molecule has 0 amide bonds. The first-order valence-corrected chi connectivity index (χ1v) is 8.38. The molecule has 0 aliphatic heterocycles. The molecule has 6 heteroatoms. The minimum Gasteiger partial charge on any atom is -0.496 e. The summed E-state index contributed by atoms with van der Waals surface area (Å²) in [7, 11) is -2.00. The first kappa shape index (κ1) is 16.5. The van der Waals surface area contributed by atoms with E-state index >= 15 is 0 Å². The van der Waals surface area contributed by atoms with E-state index in [1.54, 1.807) is 44.6 Å². The quantitative estimate of drug-likeness (QED) is 0.919. The van der Waals surface area contributed by atoms with E-state index in [0.717, 1.165) is 22.4 Å². The van der Waals surface area contributed by atoms with E-state index in [0.29, 0.717) is 5.56 Å². The largest absolute Gasteiger partial charge is 0.496 e. The van der Waals surface area contributed by atoms with Crippen LogP contribution in [0.5, 0.6) is 5.75 Å². The Hall–Kier alpha value is -1.92. The van der Waals surface area contributed by atoms with E-state index in [1.165, 1.54) is 0 Å². The van der Waals surface area contributed by atoms with Crippen molar-refractivity contribution in [1.29, 1.82) is 0 Å². The van der Waals surface area contributed by atoms with Crippen LogP contribution in [0.3, 0.4) is 0 Å². The summed E-state index contributed by atoms with van der Waals surface area (Å²) >= 11 is 0.